The second-order valence-corrected chi connectivity index (χ2v) is 5.00. The molecule has 0 spiro atoms. The minimum Gasteiger partial charge on any atom is -0.318 e. The van der Waals surface area contributed by atoms with Gasteiger partial charge >= 0.3 is 0 Å². The van der Waals surface area contributed by atoms with Crippen LogP contribution in [0.4, 0.5) is 5.69 Å². The number of hydrogen-bond donors (Lipinski definition) is 1. The van der Waals surface area contributed by atoms with Crippen LogP contribution in [-0.2, 0) is 10.3 Å². The van der Waals surface area contributed by atoms with E-state index in [4.69, 9.17) is 5.73 Å². The summed E-state index contributed by atoms with van der Waals surface area (Å²) in [5, 5.41) is 0. The van der Waals surface area contributed by atoms with Crippen molar-refractivity contribution in [2.75, 3.05) is 4.90 Å². The van der Waals surface area contributed by atoms with Crippen LogP contribution in [-0.4, -0.2) is 11.9 Å². The van der Waals surface area contributed by atoms with E-state index in [1.807, 2.05) is 67.6 Å². The molecule has 96 valence electrons. The fourth-order valence-electron chi connectivity index (χ4n) is 2.74. The minimum absolute atomic E-state index is 0.0300. The Morgan fingerprint density at radius 3 is 2.11 bits per heavy atom. The zero-order valence-corrected chi connectivity index (χ0v) is 10.8. The van der Waals surface area contributed by atoms with Gasteiger partial charge in [-0.3, -0.25) is 9.69 Å². The lowest BCUT2D eigenvalue weighted by Gasteiger charge is -2.54. The number of amides is 1. The molecule has 0 aromatic heterocycles. The summed E-state index contributed by atoms with van der Waals surface area (Å²) in [5.74, 6) is -0.0300. The monoisotopic (exact) mass is 252 g/mol. The summed E-state index contributed by atoms with van der Waals surface area (Å²) in [6, 6.07) is 19.1. The van der Waals surface area contributed by atoms with Gasteiger partial charge in [-0.1, -0.05) is 48.5 Å². The number of nitrogens with zero attached hydrogens (tertiary/aromatic N) is 1. The highest BCUT2D eigenvalue weighted by molar-refractivity contribution is 6.07. The molecule has 0 aliphatic carbocycles. The lowest BCUT2D eigenvalue weighted by Crippen LogP contribution is -2.74. The summed E-state index contributed by atoms with van der Waals surface area (Å²) in [6.07, 6.45) is 0. The molecular formula is C16H16N2O. The van der Waals surface area contributed by atoms with Crippen LogP contribution < -0.4 is 10.6 Å². The maximum absolute atomic E-state index is 12.2. The standard InChI is InChI=1S/C16H16N2O/c1-16(12-8-4-2-5-9-12)14(17)15(19)18(16)13-10-6-3-7-11-13/h2-11,14H,17H2,1H3/t14-,16+/m1/s1. The van der Waals surface area contributed by atoms with Gasteiger partial charge in [0.1, 0.15) is 6.04 Å². The minimum atomic E-state index is -0.491. The summed E-state index contributed by atoms with van der Waals surface area (Å²) in [7, 11) is 0. The highest BCUT2D eigenvalue weighted by Crippen LogP contribution is 2.43. The van der Waals surface area contributed by atoms with E-state index >= 15 is 0 Å². The van der Waals surface area contributed by atoms with Gasteiger partial charge in [0.25, 0.3) is 0 Å². The van der Waals surface area contributed by atoms with Crippen LogP contribution in [0.25, 0.3) is 0 Å². The Morgan fingerprint density at radius 2 is 1.53 bits per heavy atom. The van der Waals surface area contributed by atoms with E-state index in [1.54, 1.807) is 4.90 Å². The van der Waals surface area contributed by atoms with Gasteiger partial charge < -0.3 is 5.73 Å². The smallest absolute Gasteiger partial charge is 0.247 e. The first-order chi connectivity index (χ1) is 9.15. The molecule has 3 heteroatoms. The van der Waals surface area contributed by atoms with Gasteiger partial charge in [-0.05, 0) is 24.6 Å². The zero-order chi connectivity index (χ0) is 13.5. The number of carbonyl (C=O) groups is 1. The van der Waals surface area contributed by atoms with E-state index in [0.29, 0.717) is 0 Å². The Hall–Kier alpha value is -2.13. The van der Waals surface area contributed by atoms with Gasteiger partial charge in [0, 0.05) is 5.69 Å². The van der Waals surface area contributed by atoms with Crippen molar-refractivity contribution in [2.24, 2.45) is 5.73 Å². The molecule has 2 N–H and O–H groups in total. The van der Waals surface area contributed by atoms with Crippen molar-refractivity contribution in [3.8, 4) is 0 Å². The van der Waals surface area contributed by atoms with Gasteiger partial charge in [0.2, 0.25) is 5.91 Å². The summed E-state index contributed by atoms with van der Waals surface area (Å²) >= 11 is 0. The second-order valence-electron chi connectivity index (χ2n) is 5.00. The van der Waals surface area contributed by atoms with Gasteiger partial charge in [0.05, 0.1) is 5.54 Å². The fraction of sp³-hybridized carbons (Fsp3) is 0.188. The predicted molar refractivity (Wildman–Crippen MR) is 75.7 cm³/mol. The SMILES string of the molecule is C[C@]1(c2ccccc2)[C@H](N)C(=O)N1c1ccccc1. The Morgan fingerprint density at radius 1 is 1.00 bits per heavy atom. The molecule has 1 amide bonds. The Labute approximate surface area is 112 Å². The average Bonchev–Trinajstić information content (AvgIpc) is 2.48. The molecule has 1 fully saturated rings. The quantitative estimate of drug-likeness (QED) is 0.833. The van der Waals surface area contributed by atoms with Gasteiger partial charge in [0.15, 0.2) is 0 Å². The molecular weight excluding hydrogens is 236 g/mol. The molecule has 2 aromatic carbocycles. The van der Waals surface area contributed by atoms with Crippen LogP contribution in [0, 0.1) is 0 Å². The van der Waals surface area contributed by atoms with Crippen LogP contribution in [0.1, 0.15) is 12.5 Å². The Bertz CT molecular complexity index is 597. The van der Waals surface area contributed by atoms with Crippen molar-refractivity contribution in [2.45, 2.75) is 18.5 Å². The highest BCUT2D eigenvalue weighted by Gasteiger charge is 2.56. The van der Waals surface area contributed by atoms with Crippen molar-refractivity contribution >= 4 is 11.6 Å². The van der Waals surface area contributed by atoms with Gasteiger partial charge in [-0.25, -0.2) is 0 Å². The third-order valence-corrected chi connectivity index (χ3v) is 3.93. The molecule has 1 saturated heterocycles. The third kappa shape index (κ3) is 1.59. The number of β-lactam (4-membered cyclic amide) rings is 1. The lowest BCUT2D eigenvalue weighted by atomic mass is 9.74. The molecule has 2 atom stereocenters. The lowest BCUT2D eigenvalue weighted by molar-refractivity contribution is -0.129. The maximum atomic E-state index is 12.2. The third-order valence-electron chi connectivity index (χ3n) is 3.93. The molecule has 1 heterocycles. The van der Waals surface area contributed by atoms with Crippen LogP contribution in [0.15, 0.2) is 60.7 Å². The summed E-state index contributed by atoms with van der Waals surface area (Å²) < 4.78 is 0. The van der Waals surface area contributed by atoms with E-state index in [1.165, 1.54) is 0 Å². The fourth-order valence-corrected chi connectivity index (χ4v) is 2.74. The van der Waals surface area contributed by atoms with Crippen molar-refractivity contribution in [1.82, 2.24) is 0 Å². The van der Waals surface area contributed by atoms with E-state index in [-0.39, 0.29) is 5.91 Å². The number of carbonyl (C=O) groups excluding carboxylic acids is 1. The maximum Gasteiger partial charge on any atom is 0.247 e. The topological polar surface area (TPSA) is 46.3 Å². The average molecular weight is 252 g/mol. The van der Waals surface area contributed by atoms with Crippen molar-refractivity contribution < 1.29 is 4.79 Å². The normalized spacial score (nSPS) is 26.1. The van der Waals surface area contributed by atoms with E-state index in [2.05, 4.69) is 0 Å². The zero-order valence-electron chi connectivity index (χ0n) is 10.8. The molecule has 19 heavy (non-hydrogen) atoms. The number of rotatable bonds is 2. The Balaban J connectivity index is 2.07. The van der Waals surface area contributed by atoms with Crippen LogP contribution in [0.5, 0.6) is 0 Å². The summed E-state index contributed by atoms with van der Waals surface area (Å²) in [5.41, 5.74) is 7.55. The molecule has 1 aliphatic heterocycles. The summed E-state index contributed by atoms with van der Waals surface area (Å²) in [6.45, 7) is 2.02. The van der Waals surface area contributed by atoms with Crippen molar-refractivity contribution in [3.05, 3.63) is 66.2 Å². The number of anilines is 1. The second kappa shape index (κ2) is 4.21. The Kier molecular flexibility index (Phi) is 2.64. The number of para-hydroxylation sites is 1. The van der Waals surface area contributed by atoms with Crippen LogP contribution in [0.2, 0.25) is 0 Å². The van der Waals surface area contributed by atoms with Crippen LogP contribution >= 0.6 is 0 Å². The largest absolute Gasteiger partial charge is 0.318 e. The van der Waals surface area contributed by atoms with Crippen molar-refractivity contribution in [1.29, 1.82) is 0 Å². The number of nitrogens with two attached hydrogens (primary N) is 1. The summed E-state index contributed by atoms with van der Waals surface area (Å²) in [4.78, 5) is 13.9. The first-order valence-corrected chi connectivity index (χ1v) is 6.36. The molecule has 0 bridgehead atoms. The highest BCUT2D eigenvalue weighted by atomic mass is 16.2. The van der Waals surface area contributed by atoms with E-state index in [0.717, 1.165) is 11.3 Å². The van der Waals surface area contributed by atoms with E-state index < -0.39 is 11.6 Å². The molecule has 0 unspecified atom stereocenters. The first kappa shape index (κ1) is 11.9. The molecule has 0 radical (unpaired) electrons. The number of hydrogen-bond acceptors (Lipinski definition) is 2. The van der Waals surface area contributed by atoms with E-state index in [9.17, 15) is 4.79 Å². The molecule has 1 aliphatic rings. The number of benzene rings is 2. The van der Waals surface area contributed by atoms with Crippen molar-refractivity contribution in [3.63, 3.8) is 0 Å². The molecule has 2 aromatic rings. The molecule has 3 nitrogen and oxygen atoms in total. The predicted octanol–water partition coefficient (Wildman–Crippen LogP) is 2.28. The first-order valence-electron chi connectivity index (χ1n) is 6.36. The molecule has 0 saturated carbocycles. The van der Waals surface area contributed by atoms with Crippen LogP contribution in [0.3, 0.4) is 0 Å². The van der Waals surface area contributed by atoms with Gasteiger partial charge in [-0.2, -0.15) is 0 Å². The molecule has 3 rings (SSSR count). The van der Waals surface area contributed by atoms with Gasteiger partial charge in [-0.15, -0.1) is 0 Å².